The van der Waals surface area contributed by atoms with Crippen molar-refractivity contribution in [3.8, 4) is 0 Å². The van der Waals surface area contributed by atoms with E-state index in [0.717, 1.165) is 17.0 Å². The Morgan fingerprint density at radius 2 is 2.42 bits per heavy atom. The van der Waals surface area contributed by atoms with Gasteiger partial charge in [-0.15, -0.1) is 0 Å². The van der Waals surface area contributed by atoms with Gasteiger partial charge in [0.1, 0.15) is 0 Å². The van der Waals surface area contributed by atoms with Crippen molar-refractivity contribution in [2.75, 3.05) is 7.05 Å². The summed E-state index contributed by atoms with van der Waals surface area (Å²) in [5.74, 6) is 0. The molecule has 0 amide bonds. The van der Waals surface area contributed by atoms with Gasteiger partial charge in [0.2, 0.25) is 0 Å². The second kappa shape index (κ2) is 4.43. The number of rotatable bonds is 3. The van der Waals surface area contributed by atoms with Crippen LogP contribution in [-0.2, 0) is 0 Å². The SMILES string of the molecule is CCC(NC)c1ccncc1Cl. The van der Waals surface area contributed by atoms with Crippen LogP contribution < -0.4 is 5.32 Å². The summed E-state index contributed by atoms with van der Waals surface area (Å²) in [6, 6.07) is 2.29. The van der Waals surface area contributed by atoms with E-state index in [9.17, 15) is 0 Å². The number of hydrogen-bond donors (Lipinski definition) is 1. The molecule has 2 nitrogen and oxygen atoms in total. The lowest BCUT2D eigenvalue weighted by atomic mass is 10.1. The Kier molecular flexibility index (Phi) is 3.50. The Morgan fingerprint density at radius 1 is 1.67 bits per heavy atom. The van der Waals surface area contributed by atoms with Gasteiger partial charge in [-0.05, 0) is 25.1 Å². The third-order valence-electron chi connectivity index (χ3n) is 1.94. The van der Waals surface area contributed by atoms with Crippen LogP contribution in [-0.4, -0.2) is 12.0 Å². The van der Waals surface area contributed by atoms with Gasteiger partial charge in [-0.2, -0.15) is 0 Å². The molecule has 0 bridgehead atoms. The number of pyridine rings is 1. The number of halogens is 1. The lowest BCUT2D eigenvalue weighted by molar-refractivity contribution is 0.576. The molecule has 1 rings (SSSR count). The van der Waals surface area contributed by atoms with E-state index < -0.39 is 0 Å². The van der Waals surface area contributed by atoms with Crippen molar-refractivity contribution in [3.05, 3.63) is 29.0 Å². The van der Waals surface area contributed by atoms with Crippen LogP contribution in [0.4, 0.5) is 0 Å². The van der Waals surface area contributed by atoms with Crippen molar-refractivity contribution < 1.29 is 0 Å². The summed E-state index contributed by atoms with van der Waals surface area (Å²) in [6.07, 6.45) is 4.47. The van der Waals surface area contributed by atoms with Gasteiger partial charge < -0.3 is 5.32 Å². The molecule has 0 saturated carbocycles. The quantitative estimate of drug-likeness (QED) is 0.781. The highest BCUT2D eigenvalue weighted by atomic mass is 35.5. The molecular weight excluding hydrogens is 172 g/mol. The number of aromatic nitrogens is 1. The van der Waals surface area contributed by atoms with Crippen molar-refractivity contribution in [1.82, 2.24) is 10.3 Å². The topological polar surface area (TPSA) is 24.9 Å². The number of hydrogen-bond acceptors (Lipinski definition) is 2. The third-order valence-corrected chi connectivity index (χ3v) is 2.25. The molecule has 0 aliphatic carbocycles. The van der Waals surface area contributed by atoms with E-state index in [0.29, 0.717) is 6.04 Å². The van der Waals surface area contributed by atoms with Gasteiger partial charge >= 0.3 is 0 Å². The van der Waals surface area contributed by atoms with Crippen molar-refractivity contribution in [3.63, 3.8) is 0 Å². The van der Waals surface area contributed by atoms with Crippen molar-refractivity contribution in [2.24, 2.45) is 0 Å². The van der Waals surface area contributed by atoms with Crippen LogP contribution in [0.1, 0.15) is 24.9 Å². The average Bonchev–Trinajstić information content (AvgIpc) is 2.10. The molecule has 1 unspecified atom stereocenters. The predicted molar refractivity (Wildman–Crippen MR) is 51.3 cm³/mol. The molecule has 0 saturated heterocycles. The molecule has 0 aliphatic rings. The van der Waals surface area contributed by atoms with E-state index in [4.69, 9.17) is 11.6 Å². The van der Waals surface area contributed by atoms with Gasteiger partial charge in [-0.1, -0.05) is 18.5 Å². The van der Waals surface area contributed by atoms with E-state index in [1.54, 1.807) is 12.4 Å². The molecule has 1 aromatic heterocycles. The summed E-state index contributed by atoms with van der Waals surface area (Å²) in [4.78, 5) is 3.94. The third kappa shape index (κ3) is 1.96. The fourth-order valence-corrected chi connectivity index (χ4v) is 1.50. The molecule has 66 valence electrons. The molecule has 3 heteroatoms. The zero-order valence-electron chi connectivity index (χ0n) is 7.34. The standard InChI is InChI=1S/C9H13ClN2/c1-3-9(11-2)7-4-5-12-6-8(7)10/h4-6,9,11H,3H2,1-2H3. The number of nitrogens with zero attached hydrogens (tertiary/aromatic N) is 1. The van der Waals surface area contributed by atoms with Crippen LogP contribution in [0.15, 0.2) is 18.5 Å². The van der Waals surface area contributed by atoms with Gasteiger partial charge in [0.15, 0.2) is 0 Å². The second-order valence-corrected chi connectivity index (χ2v) is 3.05. The second-order valence-electron chi connectivity index (χ2n) is 2.65. The zero-order chi connectivity index (χ0) is 8.97. The van der Waals surface area contributed by atoms with Gasteiger partial charge in [-0.25, -0.2) is 0 Å². The maximum Gasteiger partial charge on any atom is 0.0637 e. The molecule has 0 aliphatic heterocycles. The monoisotopic (exact) mass is 184 g/mol. The van der Waals surface area contributed by atoms with E-state index in [1.807, 2.05) is 13.1 Å². The van der Waals surface area contributed by atoms with Crippen molar-refractivity contribution in [1.29, 1.82) is 0 Å². The summed E-state index contributed by atoms with van der Waals surface area (Å²) in [5.41, 5.74) is 1.12. The highest BCUT2D eigenvalue weighted by molar-refractivity contribution is 6.31. The largest absolute Gasteiger partial charge is 0.313 e. The lowest BCUT2D eigenvalue weighted by Crippen LogP contribution is -2.15. The smallest absolute Gasteiger partial charge is 0.0637 e. The summed E-state index contributed by atoms with van der Waals surface area (Å²) >= 11 is 5.97. The Bertz CT molecular complexity index is 246. The first-order valence-corrected chi connectivity index (χ1v) is 4.44. The fourth-order valence-electron chi connectivity index (χ4n) is 1.25. The molecule has 0 spiro atoms. The molecule has 1 aromatic rings. The highest BCUT2D eigenvalue weighted by Crippen LogP contribution is 2.23. The van der Waals surface area contributed by atoms with Gasteiger partial charge in [0.05, 0.1) is 5.02 Å². The first-order valence-electron chi connectivity index (χ1n) is 4.06. The molecule has 1 heterocycles. The van der Waals surface area contributed by atoms with Crippen LogP contribution in [0.3, 0.4) is 0 Å². The highest BCUT2D eigenvalue weighted by Gasteiger charge is 2.09. The Hall–Kier alpha value is -0.600. The Labute approximate surface area is 78.0 Å². The normalized spacial score (nSPS) is 12.9. The molecule has 12 heavy (non-hydrogen) atoms. The molecule has 1 atom stereocenters. The molecular formula is C9H13ClN2. The lowest BCUT2D eigenvalue weighted by Gasteiger charge is -2.14. The van der Waals surface area contributed by atoms with Crippen LogP contribution in [0, 0.1) is 0 Å². The summed E-state index contributed by atoms with van der Waals surface area (Å²) in [6.45, 7) is 2.12. The minimum atomic E-state index is 0.334. The van der Waals surface area contributed by atoms with Crippen LogP contribution in [0.5, 0.6) is 0 Å². The zero-order valence-corrected chi connectivity index (χ0v) is 8.10. The van der Waals surface area contributed by atoms with Gasteiger partial charge in [0.25, 0.3) is 0 Å². The van der Waals surface area contributed by atoms with E-state index >= 15 is 0 Å². The maximum atomic E-state index is 5.97. The molecule has 0 aromatic carbocycles. The van der Waals surface area contributed by atoms with Crippen molar-refractivity contribution >= 4 is 11.6 Å². The number of nitrogens with one attached hydrogen (secondary N) is 1. The minimum absolute atomic E-state index is 0.334. The first kappa shape index (κ1) is 9.49. The first-order chi connectivity index (χ1) is 5.79. The van der Waals surface area contributed by atoms with E-state index in [-0.39, 0.29) is 0 Å². The Morgan fingerprint density at radius 3 is 2.92 bits per heavy atom. The summed E-state index contributed by atoms with van der Waals surface area (Å²) in [7, 11) is 1.94. The van der Waals surface area contributed by atoms with Crippen molar-refractivity contribution in [2.45, 2.75) is 19.4 Å². The molecule has 0 radical (unpaired) electrons. The van der Waals surface area contributed by atoms with Gasteiger partial charge in [0, 0.05) is 18.4 Å². The van der Waals surface area contributed by atoms with E-state index in [2.05, 4.69) is 17.2 Å². The average molecular weight is 185 g/mol. The fraction of sp³-hybridized carbons (Fsp3) is 0.444. The van der Waals surface area contributed by atoms with Crippen LogP contribution >= 0.6 is 11.6 Å². The Balaban J connectivity index is 2.92. The minimum Gasteiger partial charge on any atom is -0.313 e. The molecule has 1 N–H and O–H groups in total. The predicted octanol–water partition coefficient (Wildman–Crippen LogP) is 2.41. The molecule has 0 fully saturated rings. The van der Waals surface area contributed by atoms with Crippen LogP contribution in [0.25, 0.3) is 0 Å². The van der Waals surface area contributed by atoms with E-state index in [1.165, 1.54) is 0 Å². The maximum absolute atomic E-state index is 5.97. The summed E-state index contributed by atoms with van der Waals surface area (Å²) < 4.78 is 0. The van der Waals surface area contributed by atoms with Gasteiger partial charge in [-0.3, -0.25) is 4.98 Å². The van der Waals surface area contributed by atoms with Crippen LogP contribution in [0.2, 0.25) is 5.02 Å². The summed E-state index contributed by atoms with van der Waals surface area (Å²) in [5, 5.41) is 3.93.